The Balaban J connectivity index is 2.33. The van der Waals surface area contributed by atoms with Gasteiger partial charge in [0.2, 0.25) is 17.7 Å². The number of nitrogens with one attached hydrogen (secondary N) is 2. The molecule has 1 aromatic rings. The Bertz CT molecular complexity index is 324. The normalized spacial score (nSPS) is 12.5. The first-order chi connectivity index (χ1) is 7.13. The van der Waals surface area contributed by atoms with E-state index in [4.69, 9.17) is 4.42 Å². The molecule has 0 aromatic carbocycles. The molecule has 6 nitrogen and oxygen atoms in total. The lowest BCUT2D eigenvalue weighted by Crippen LogP contribution is -2.41. The third-order valence-electron chi connectivity index (χ3n) is 1.87. The molecule has 0 aliphatic rings. The summed E-state index contributed by atoms with van der Waals surface area (Å²) in [4.78, 5) is 11.3. The summed E-state index contributed by atoms with van der Waals surface area (Å²) in [7, 11) is 0. The van der Waals surface area contributed by atoms with Crippen LogP contribution in [0.4, 0.5) is 0 Å². The molecular formula is C9H16N4O2. The van der Waals surface area contributed by atoms with Gasteiger partial charge in [-0.05, 0) is 13.8 Å². The minimum atomic E-state index is -0.267. The molecule has 0 spiro atoms. The molecule has 0 bridgehead atoms. The highest BCUT2D eigenvalue weighted by atomic mass is 16.4. The molecule has 1 heterocycles. The topological polar surface area (TPSA) is 80.0 Å². The van der Waals surface area contributed by atoms with Crippen molar-refractivity contribution in [3.8, 4) is 0 Å². The van der Waals surface area contributed by atoms with Gasteiger partial charge in [-0.25, -0.2) is 0 Å². The first-order valence-electron chi connectivity index (χ1n) is 4.93. The first kappa shape index (κ1) is 11.6. The number of hydrogen-bond acceptors (Lipinski definition) is 5. The Labute approximate surface area is 88.4 Å². The number of likely N-dealkylation sites (N-methyl/N-ethyl adjacent to an activating group) is 1. The van der Waals surface area contributed by atoms with E-state index in [0.717, 1.165) is 0 Å². The minimum absolute atomic E-state index is 0.0336. The van der Waals surface area contributed by atoms with Crippen LogP contribution in [-0.4, -0.2) is 28.7 Å². The average Bonchev–Trinajstić information content (AvgIpc) is 2.61. The SMILES string of the molecule is CCNC(=O)C(C)NCc1nnc(C)o1. The Kier molecular flexibility index (Phi) is 4.23. The van der Waals surface area contributed by atoms with Crippen LogP contribution in [0.2, 0.25) is 0 Å². The summed E-state index contributed by atoms with van der Waals surface area (Å²) >= 11 is 0. The molecule has 1 aromatic heterocycles. The highest BCUT2D eigenvalue weighted by molar-refractivity contribution is 5.81. The largest absolute Gasteiger partial charge is 0.424 e. The Hall–Kier alpha value is -1.43. The Morgan fingerprint density at radius 1 is 1.53 bits per heavy atom. The summed E-state index contributed by atoms with van der Waals surface area (Å²) in [5.41, 5.74) is 0. The lowest BCUT2D eigenvalue weighted by atomic mass is 10.3. The minimum Gasteiger partial charge on any atom is -0.424 e. The smallest absolute Gasteiger partial charge is 0.236 e. The zero-order valence-corrected chi connectivity index (χ0v) is 9.20. The molecule has 1 unspecified atom stereocenters. The zero-order chi connectivity index (χ0) is 11.3. The first-order valence-corrected chi connectivity index (χ1v) is 4.93. The molecule has 0 aliphatic carbocycles. The monoisotopic (exact) mass is 212 g/mol. The predicted molar refractivity (Wildman–Crippen MR) is 54.0 cm³/mol. The van der Waals surface area contributed by atoms with Gasteiger partial charge >= 0.3 is 0 Å². The van der Waals surface area contributed by atoms with Gasteiger partial charge in [-0.3, -0.25) is 10.1 Å². The summed E-state index contributed by atoms with van der Waals surface area (Å²) in [6.45, 7) is 6.42. The van der Waals surface area contributed by atoms with E-state index in [0.29, 0.717) is 24.9 Å². The van der Waals surface area contributed by atoms with Gasteiger partial charge in [-0.1, -0.05) is 0 Å². The van der Waals surface area contributed by atoms with Crippen molar-refractivity contribution in [2.24, 2.45) is 0 Å². The van der Waals surface area contributed by atoms with Crippen LogP contribution in [0.3, 0.4) is 0 Å². The van der Waals surface area contributed by atoms with Gasteiger partial charge in [0, 0.05) is 13.5 Å². The van der Waals surface area contributed by atoms with Crippen LogP contribution < -0.4 is 10.6 Å². The summed E-state index contributed by atoms with van der Waals surface area (Å²) in [5, 5.41) is 13.2. The molecule has 84 valence electrons. The van der Waals surface area contributed by atoms with Crippen molar-refractivity contribution >= 4 is 5.91 Å². The molecule has 6 heteroatoms. The van der Waals surface area contributed by atoms with Crippen LogP contribution in [0, 0.1) is 6.92 Å². The summed E-state index contributed by atoms with van der Waals surface area (Å²) in [5.74, 6) is 0.981. The van der Waals surface area contributed by atoms with Crippen LogP contribution in [-0.2, 0) is 11.3 Å². The van der Waals surface area contributed by atoms with E-state index in [9.17, 15) is 4.79 Å². The lowest BCUT2D eigenvalue weighted by molar-refractivity contribution is -0.122. The molecule has 1 rings (SSSR count). The van der Waals surface area contributed by atoms with E-state index in [1.165, 1.54) is 0 Å². The zero-order valence-electron chi connectivity index (χ0n) is 9.20. The second kappa shape index (κ2) is 5.45. The van der Waals surface area contributed by atoms with E-state index < -0.39 is 0 Å². The standard InChI is InChI=1S/C9H16N4O2/c1-4-10-9(14)6(2)11-5-8-13-12-7(3)15-8/h6,11H,4-5H2,1-3H3,(H,10,14). The third kappa shape index (κ3) is 3.67. The number of aryl methyl sites for hydroxylation is 1. The van der Waals surface area contributed by atoms with Crippen molar-refractivity contribution in [1.29, 1.82) is 0 Å². The maximum Gasteiger partial charge on any atom is 0.236 e. The highest BCUT2D eigenvalue weighted by Crippen LogP contribution is 1.97. The molecule has 1 amide bonds. The predicted octanol–water partition coefficient (Wildman–Crippen LogP) is -0.00778. The lowest BCUT2D eigenvalue weighted by Gasteiger charge is -2.11. The van der Waals surface area contributed by atoms with Gasteiger partial charge in [-0.15, -0.1) is 10.2 Å². The number of amides is 1. The molecule has 15 heavy (non-hydrogen) atoms. The molecule has 2 N–H and O–H groups in total. The maximum absolute atomic E-state index is 11.3. The number of nitrogens with zero attached hydrogens (tertiary/aromatic N) is 2. The number of hydrogen-bond donors (Lipinski definition) is 2. The van der Waals surface area contributed by atoms with Crippen molar-refractivity contribution in [3.05, 3.63) is 11.8 Å². The molecule has 0 saturated carbocycles. The van der Waals surface area contributed by atoms with E-state index in [1.54, 1.807) is 13.8 Å². The van der Waals surface area contributed by atoms with E-state index in [-0.39, 0.29) is 11.9 Å². The molecule has 0 radical (unpaired) electrons. The van der Waals surface area contributed by atoms with Gasteiger partial charge in [-0.2, -0.15) is 0 Å². The second-order valence-corrected chi connectivity index (χ2v) is 3.21. The Morgan fingerprint density at radius 3 is 2.80 bits per heavy atom. The van der Waals surface area contributed by atoms with Crippen LogP contribution in [0.5, 0.6) is 0 Å². The van der Waals surface area contributed by atoms with Gasteiger partial charge in [0.05, 0.1) is 12.6 Å². The fourth-order valence-corrected chi connectivity index (χ4v) is 1.07. The van der Waals surface area contributed by atoms with Gasteiger partial charge in [0.25, 0.3) is 0 Å². The van der Waals surface area contributed by atoms with Gasteiger partial charge < -0.3 is 9.73 Å². The van der Waals surface area contributed by atoms with Crippen molar-refractivity contribution < 1.29 is 9.21 Å². The fourth-order valence-electron chi connectivity index (χ4n) is 1.07. The second-order valence-electron chi connectivity index (χ2n) is 3.21. The number of aromatic nitrogens is 2. The average molecular weight is 212 g/mol. The maximum atomic E-state index is 11.3. The van der Waals surface area contributed by atoms with Crippen molar-refractivity contribution in [3.63, 3.8) is 0 Å². The number of carbonyl (C=O) groups is 1. The number of rotatable bonds is 5. The van der Waals surface area contributed by atoms with Gasteiger partial charge in [0.1, 0.15) is 0 Å². The molecule has 0 saturated heterocycles. The summed E-state index contributed by atoms with van der Waals surface area (Å²) in [6, 6.07) is -0.267. The Morgan fingerprint density at radius 2 is 2.27 bits per heavy atom. The van der Waals surface area contributed by atoms with Crippen molar-refractivity contribution in [2.45, 2.75) is 33.4 Å². The fraction of sp³-hybridized carbons (Fsp3) is 0.667. The molecule has 0 fully saturated rings. The molecule has 1 atom stereocenters. The van der Waals surface area contributed by atoms with Crippen molar-refractivity contribution in [1.82, 2.24) is 20.8 Å². The third-order valence-corrected chi connectivity index (χ3v) is 1.87. The van der Waals surface area contributed by atoms with E-state index >= 15 is 0 Å². The summed E-state index contributed by atoms with van der Waals surface area (Å²) < 4.78 is 5.16. The van der Waals surface area contributed by atoms with Crippen LogP contribution in [0.15, 0.2) is 4.42 Å². The molecular weight excluding hydrogens is 196 g/mol. The van der Waals surface area contributed by atoms with Crippen LogP contribution >= 0.6 is 0 Å². The highest BCUT2D eigenvalue weighted by Gasteiger charge is 2.12. The van der Waals surface area contributed by atoms with Crippen LogP contribution in [0.1, 0.15) is 25.6 Å². The summed E-state index contributed by atoms with van der Waals surface area (Å²) in [6.07, 6.45) is 0. The van der Waals surface area contributed by atoms with E-state index in [2.05, 4.69) is 20.8 Å². The molecule has 0 aliphatic heterocycles. The van der Waals surface area contributed by atoms with Crippen molar-refractivity contribution in [2.75, 3.05) is 6.54 Å². The van der Waals surface area contributed by atoms with Crippen LogP contribution in [0.25, 0.3) is 0 Å². The van der Waals surface area contributed by atoms with E-state index in [1.807, 2.05) is 6.92 Å². The quantitative estimate of drug-likeness (QED) is 0.717. The number of carbonyl (C=O) groups excluding carboxylic acids is 1. The van der Waals surface area contributed by atoms with Gasteiger partial charge in [0.15, 0.2) is 0 Å².